The van der Waals surface area contributed by atoms with Crippen molar-refractivity contribution in [2.24, 2.45) is 5.92 Å². The Bertz CT molecular complexity index is 294. The zero-order valence-electron chi connectivity index (χ0n) is 12.6. The predicted octanol–water partition coefficient (Wildman–Crippen LogP) is 1.60. The number of carbonyl (C=O) groups is 1. The molecule has 1 fully saturated rings. The van der Waals surface area contributed by atoms with Crippen LogP contribution in [0.3, 0.4) is 0 Å². The second kappa shape index (κ2) is 7.10. The second-order valence-corrected chi connectivity index (χ2v) is 6.11. The summed E-state index contributed by atoms with van der Waals surface area (Å²) >= 11 is 0. The van der Waals surface area contributed by atoms with Crippen LogP contribution in [0.4, 0.5) is 4.79 Å². The minimum Gasteiger partial charge on any atom is -0.393 e. The van der Waals surface area contributed by atoms with Gasteiger partial charge in [0.25, 0.3) is 0 Å². The van der Waals surface area contributed by atoms with Gasteiger partial charge in [0.05, 0.1) is 11.7 Å². The van der Waals surface area contributed by atoms with Crippen molar-refractivity contribution in [2.75, 3.05) is 27.2 Å². The standard InChI is InChI=1S/C14H28N2O3/c1-14(2,19-4)10-15-13(18)16(3)9-11-7-5-6-8-12(11)17/h11-12,17H,5-10H2,1-4H3,(H,15,18)/t11-,12-/m1/s1. The predicted molar refractivity (Wildman–Crippen MR) is 75.1 cm³/mol. The highest BCUT2D eigenvalue weighted by Gasteiger charge is 2.26. The molecule has 0 radical (unpaired) electrons. The van der Waals surface area contributed by atoms with Gasteiger partial charge >= 0.3 is 6.03 Å². The van der Waals surface area contributed by atoms with Crippen LogP contribution in [0.1, 0.15) is 39.5 Å². The van der Waals surface area contributed by atoms with E-state index in [9.17, 15) is 9.90 Å². The molecule has 1 aliphatic rings. The highest BCUT2D eigenvalue weighted by molar-refractivity contribution is 5.73. The Balaban J connectivity index is 2.35. The van der Waals surface area contributed by atoms with E-state index in [4.69, 9.17) is 4.74 Å². The van der Waals surface area contributed by atoms with E-state index < -0.39 is 0 Å². The zero-order chi connectivity index (χ0) is 14.5. The van der Waals surface area contributed by atoms with Crippen LogP contribution in [-0.2, 0) is 4.74 Å². The molecule has 5 heteroatoms. The van der Waals surface area contributed by atoms with E-state index in [0.717, 1.165) is 25.7 Å². The number of hydrogen-bond acceptors (Lipinski definition) is 3. The van der Waals surface area contributed by atoms with Crippen LogP contribution >= 0.6 is 0 Å². The molecule has 2 N–H and O–H groups in total. The molecule has 0 unspecified atom stereocenters. The van der Waals surface area contributed by atoms with Crippen molar-refractivity contribution in [1.82, 2.24) is 10.2 Å². The molecule has 112 valence electrons. The smallest absolute Gasteiger partial charge is 0.317 e. The lowest BCUT2D eigenvalue weighted by molar-refractivity contribution is 0.0234. The van der Waals surface area contributed by atoms with Gasteiger partial charge in [-0.15, -0.1) is 0 Å². The molecule has 1 rings (SSSR count). The first kappa shape index (κ1) is 16.2. The van der Waals surface area contributed by atoms with E-state index in [-0.39, 0.29) is 23.7 Å². The summed E-state index contributed by atoms with van der Waals surface area (Å²) in [6.07, 6.45) is 3.84. The molecule has 0 aromatic carbocycles. The number of methoxy groups -OCH3 is 1. The van der Waals surface area contributed by atoms with Crippen molar-refractivity contribution in [3.8, 4) is 0 Å². The molecular weight excluding hydrogens is 244 g/mol. The van der Waals surface area contributed by atoms with E-state index in [2.05, 4.69) is 5.32 Å². The summed E-state index contributed by atoms with van der Waals surface area (Å²) in [4.78, 5) is 13.6. The lowest BCUT2D eigenvalue weighted by atomic mass is 9.86. The van der Waals surface area contributed by atoms with Gasteiger partial charge in [0.15, 0.2) is 0 Å². The first-order valence-electron chi connectivity index (χ1n) is 7.08. The molecule has 0 spiro atoms. The Morgan fingerprint density at radius 2 is 2.05 bits per heavy atom. The molecule has 1 saturated carbocycles. The number of ether oxygens (including phenoxy) is 1. The number of nitrogens with zero attached hydrogens (tertiary/aromatic N) is 1. The summed E-state index contributed by atoms with van der Waals surface area (Å²) in [5.74, 6) is 0.208. The van der Waals surface area contributed by atoms with Crippen molar-refractivity contribution in [3.05, 3.63) is 0 Å². The minimum absolute atomic E-state index is 0.108. The molecule has 19 heavy (non-hydrogen) atoms. The Morgan fingerprint density at radius 1 is 1.42 bits per heavy atom. The van der Waals surface area contributed by atoms with Gasteiger partial charge < -0.3 is 20.1 Å². The summed E-state index contributed by atoms with van der Waals surface area (Å²) in [7, 11) is 3.41. The Kier molecular flexibility index (Phi) is 6.07. The molecule has 2 atom stereocenters. The summed E-state index contributed by atoms with van der Waals surface area (Å²) in [6.45, 7) is 4.94. The van der Waals surface area contributed by atoms with Crippen LogP contribution in [0.2, 0.25) is 0 Å². The number of aliphatic hydroxyl groups excluding tert-OH is 1. The van der Waals surface area contributed by atoms with Gasteiger partial charge in [0.1, 0.15) is 0 Å². The van der Waals surface area contributed by atoms with Crippen molar-refractivity contribution >= 4 is 6.03 Å². The number of hydrogen-bond donors (Lipinski definition) is 2. The number of rotatable bonds is 5. The summed E-state index contributed by atoms with van der Waals surface area (Å²) in [5.41, 5.74) is -0.360. The van der Waals surface area contributed by atoms with Crippen molar-refractivity contribution in [3.63, 3.8) is 0 Å². The van der Waals surface area contributed by atoms with Gasteiger partial charge in [-0.1, -0.05) is 12.8 Å². The Morgan fingerprint density at radius 3 is 2.63 bits per heavy atom. The highest BCUT2D eigenvalue weighted by Crippen LogP contribution is 2.24. The third-order valence-electron chi connectivity index (χ3n) is 3.94. The monoisotopic (exact) mass is 272 g/mol. The largest absolute Gasteiger partial charge is 0.393 e. The molecule has 1 aliphatic carbocycles. The van der Waals surface area contributed by atoms with Crippen LogP contribution in [0, 0.1) is 5.92 Å². The van der Waals surface area contributed by atoms with Gasteiger partial charge in [-0.05, 0) is 26.7 Å². The zero-order valence-corrected chi connectivity index (χ0v) is 12.6. The molecule has 0 aromatic heterocycles. The molecule has 0 bridgehead atoms. The summed E-state index contributed by atoms with van der Waals surface area (Å²) in [6, 6.07) is -0.108. The maximum absolute atomic E-state index is 12.0. The van der Waals surface area contributed by atoms with Crippen LogP contribution in [-0.4, -0.2) is 55.0 Å². The quantitative estimate of drug-likeness (QED) is 0.799. The summed E-state index contributed by atoms with van der Waals surface area (Å²) < 4.78 is 5.26. The number of aliphatic hydroxyl groups is 1. The molecule has 0 aliphatic heterocycles. The fourth-order valence-corrected chi connectivity index (χ4v) is 2.33. The Labute approximate surface area is 116 Å². The van der Waals surface area contributed by atoms with E-state index in [1.807, 2.05) is 13.8 Å². The normalized spacial score (nSPS) is 24.1. The first-order chi connectivity index (χ1) is 8.85. The summed E-state index contributed by atoms with van der Waals surface area (Å²) in [5, 5.41) is 12.8. The minimum atomic E-state index is -0.360. The SMILES string of the molecule is COC(C)(C)CNC(=O)N(C)C[C@H]1CCCC[C@H]1O. The van der Waals surface area contributed by atoms with Gasteiger partial charge in [-0.3, -0.25) is 0 Å². The molecule has 0 heterocycles. The van der Waals surface area contributed by atoms with Crippen LogP contribution in [0.25, 0.3) is 0 Å². The third kappa shape index (κ3) is 5.37. The number of nitrogens with one attached hydrogen (secondary N) is 1. The van der Waals surface area contributed by atoms with Gasteiger partial charge in [0, 0.05) is 33.2 Å². The molecular formula is C14H28N2O3. The fourth-order valence-electron chi connectivity index (χ4n) is 2.33. The maximum Gasteiger partial charge on any atom is 0.317 e. The number of amides is 2. The average Bonchev–Trinajstić information content (AvgIpc) is 2.38. The van der Waals surface area contributed by atoms with Gasteiger partial charge in [-0.25, -0.2) is 4.79 Å². The molecule has 0 aromatic rings. The Hall–Kier alpha value is -0.810. The topological polar surface area (TPSA) is 61.8 Å². The first-order valence-corrected chi connectivity index (χ1v) is 7.08. The van der Waals surface area contributed by atoms with Gasteiger partial charge in [0.2, 0.25) is 0 Å². The highest BCUT2D eigenvalue weighted by atomic mass is 16.5. The molecule has 0 saturated heterocycles. The number of urea groups is 1. The second-order valence-electron chi connectivity index (χ2n) is 6.11. The molecule has 2 amide bonds. The van der Waals surface area contributed by atoms with Crippen LogP contribution in [0.5, 0.6) is 0 Å². The lowest BCUT2D eigenvalue weighted by Crippen LogP contribution is -2.47. The van der Waals surface area contributed by atoms with E-state index in [0.29, 0.717) is 13.1 Å². The van der Waals surface area contributed by atoms with Crippen molar-refractivity contribution in [2.45, 2.75) is 51.2 Å². The average molecular weight is 272 g/mol. The van der Waals surface area contributed by atoms with E-state index in [1.54, 1.807) is 19.1 Å². The lowest BCUT2D eigenvalue weighted by Gasteiger charge is -2.32. The number of carbonyl (C=O) groups excluding carboxylic acids is 1. The van der Waals surface area contributed by atoms with Crippen molar-refractivity contribution < 1.29 is 14.6 Å². The van der Waals surface area contributed by atoms with Crippen LogP contribution in [0.15, 0.2) is 0 Å². The van der Waals surface area contributed by atoms with Crippen molar-refractivity contribution in [1.29, 1.82) is 0 Å². The third-order valence-corrected chi connectivity index (χ3v) is 3.94. The molecule has 5 nitrogen and oxygen atoms in total. The fraction of sp³-hybridized carbons (Fsp3) is 0.929. The van der Waals surface area contributed by atoms with E-state index in [1.165, 1.54) is 0 Å². The van der Waals surface area contributed by atoms with E-state index >= 15 is 0 Å². The van der Waals surface area contributed by atoms with Gasteiger partial charge in [-0.2, -0.15) is 0 Å². The maximum atomic E-state index is 12.0. The van der Waals surface area contributed by atoms with Crippen LogP contribution < -0.4 is 5.32 Å².